The van der Waals surface area contributed by atoms with Crippen molar-refractivity contribution >= 4 is 28.4 Å². The number of fused-ring (bicyclic) bond motifs is 1. The Kier molecular flexibility index (Phi) is 3.93. The third-order valence-corrected chi connectivity index (χ3v) is 3.75. The monoisotopic (exact) mass is 307 g/mol. The zero-order chi connectivity index (χ0) is 16.4. The molecule has 2 heterocycles. The second kappa shape index (κ2) is 6.04. The molecule has 0 fully saturated rings. The first-order chi connectivity index (χ1) is 11.1. The third-order valence-electron chi connectivity index (χ3n) is 3.75. The summed E-state index contributed by atoms with van der Waals surface area (Å²) >= 11 is 0. The molecule has 5 nitrogen and oxygen atoms in total. The quantitative estimate of drug-likeness (QED) is 0.753. The number of para-hydroxylation sites is 1. The predicted octanol–water partition coefficient (Wildman–Crippen LogP) is 3.19. The highest BCUT2D eigenvalue weighted by molar-refractivity contribution is 6.07. The summed E-state index contributed by atoms with van der Waals surface area (Å²) in [6.07, 6.45) is 3.37. The maximum absolute atomic E-state index is 12.3. The van der Waals surface area contributed by atoms with Gasteiger partial charge in [0.05, 0.1) is 0 Å². The van der Waals surface area contributed by atoms with Gasteiger partial charge in [0.1, 0.15) is 12.4 Å². The topological polar surface area (TPSA) is 64.0 Å². The van der Waals surface area contributed by atoms with Crippen LogP contribution in [0.2, 0.25) is 0 Å². The first kappa shape index (κ1) is 15.0. The molecule has 1 amide bonds. The van der Waals surface area contributed by atoms with Crippen LogP contribution in [0.4, 0.5) is 5.82 Å². The van der Waals surface area contributed by atoms with Crippen LogP contribution in [0.3, 0.4) is 0 Å². The first-order valence-electron chi connectivity index (χ1n) is 7.36. The molecule has 1 N–H and O–H groups in total. The lowest BCUT2D eigenvalue weighted by atomic mass is 10.1. The summed E-state index contributed by atoms with van der Waals surface area (Å²) in [5, 5.41) is 3.67. The van der Waals surface area contributed by atoms with Gasteiger partial charge in [-0.05, 0) is 31.5 Å². The second-order valence-electron chi connectivity index (χ2n) is 5.46. The van der Waals surface area contributed by atoms with Crippen LogP contribution in [0.1, 0.15) is 22.8 Å². The summed E-state index contributed by atoms with van der Waals surface area (Å²) < 4.78 is 1.79. The van der Waals surface area contributed by atoms with Gasteiger partial charge < -0.3 is 9.88 Å². The molecular weight excluding hydrogens is 290 g/mol. The van der Waals surface area contributed by atoms with Crippen LogP contribution in [-0.2, 0) is 11.3 Å². The van der Waals surface area contributed by atoms with Gasteiger partial charge in [0, 0.05) is 28.9 Å². The molecule has 0 saturated carbocycles. The Morgan fingerprint density at radius 3 is 2.70 bits per heavy atom. The zero-order valence-electron chi connectivity index (χ0n) is 13.0. The summed E-state index contributed by atoms with van der Waals surface area (Å²) in [6.45, 7) is 3.55. The van der Waals surface area contributed by atoms with Gasteiger partial charge in [-0.3, -0.25) is 9.59 Å². The highest BCUT2D eigenvalue weighted by Gasteiger charge is 2.14. The molecule has 1 aromatic carbocycles. The summed E-state index contributed by atoms with van der Waals surface area (Å²) in [5.74, 6) is 0.365. The average Bonchev–Trinajstić information content (AvgIpc) is 2.89. The molecular formula is C18H17N3O2. The van der Waals surface area contributed by atoms with E-state index in [-0.39, 0.29) is 18.2 Å². The molecule has 0 aliphatic heterocycles. The minimum Gasteiger partial charge on any atom is -0.337 e. The van der Waals surface area contributed by atoms with Crippen molar-refractivity contribution in [2.24, 2.45) is 0 Å². The summed E-state index contributed by atoms with van der Waals surface area (Å²) in [5.41, 5.74) is 2.40. The molecule has 0 bridgehead atoms. The Morgan fingerprint density at radius 1 is 1.17 bits per heavy atom. The largest absolute Gasteiger partial charge is 0.337 e. The van der Waals surface area contributed by atoms with Crippen LogP contribution >= 0.6 is 0 Å². The summed E-state index contributed by atoms with van der Waals surface area (Å²) in [7, 11) is 0. The number of anilines is 1. The smallest absolute Gasteiger partial charge is 0.245 e. The highest BCUT2D eigenvalue weighted by atomic mass is 16.2. The lowest BCUT2D eigenvalue weighted by Crippen LogP contribution is -2.19. The maximum Gasteiger partial charge on any atom is 0.245 e. The van der Waals surface area contributed by atoms with Crippen LogP contribution < -0.4 is 5.32 Å². The average molecular weight is 307 g/mol. The fourth-order valence-electron chi connectivity index (χ4n) is 2.60. The molecule has 5 heteroatoms. The van der Waals surface area contributed by atoms with E-state index in [1.165, 1.54) is 6.92 Å². The van der Waals surface area contributed by atoms with Crippen molar-refractivity contribution in [2.75, 3.05) is 5.32 Å². The maximum atomic E-state index is 12.3. The van der Waals surface area contributed by atoms with Gasteiger partial charge >= 0.3 is 0 Å². The lowest BCUT2D eigenvalue weighted by molar-refractivity contribution is -0.116. The Labute approximate surface area is 134 Å². The van der Waals surface area contributed by atoms with Crippen LogP contribution in [0.25, 0.3) is 10.9 Å². The minimum absolute atomic E-state index is 0.0130. The van der Waals surface area contributed by atoms with E-state index < -0.39 is 0 Å². The molecule has 0 saturated heterocycles. The van der Waals surface area contributed by atoms with Crippen LogP contribution in [-0.4, -0.2) is 21.2 Å². The van der Waals surface area contributed by atoms with Gasteiger partial charge in [0.15, 0.2) is 5.78 Å². The SMILES string of the molecule is CC(=O)c1cn(CC(=O)Nc2ncccc2C)c2ccccc12. The Morgan fingerprint density at radius 2 is 1.96 bits per heavy atom. The first-order valence-corrected chi connectivity index (χ1v) is 7.36. The van der Waals surface area contributed by atoms with Gasteiger partial charge in [-0.15, -0.1) is 0 Å². The van der Waals surface area contributed by atoms with Gasteiger partial charge in [0.25, 0.3) is 0 Å². The van der Waals surface area contributed by atoms with Gasteiger partial charge in [-0.2, -0.15) is 0 Å². The molecule has 3 rings (SSSR count). The number of hydrogen-bond acceptors (Lipinski definition) is 3. The van der Waals surface area contributed by atoms with Gasteiger partial charge in [-0.1, -0.05) is 24.3 Å². The van der Waals surface area contributed by atoms with Crippen molar-refractivity contribution in [3.05, 3.63) is 59.9 Å². The highest BCUT2D eigenvalue weighted by Crippen LogP contribution is 2.22. The van der Waals surface area contributed by atoms with Crippen molar-refractivity contribution in [1.29, 1.82) is 0 Å². The van der Waals surface area contributed by atoms with Crippen molar-refractivity contribution in [2.45, 2.75) is 20.4 Å². The molecule has 0 aliphatic rings. The van der Waals surface area contributed by atoms with E-state index in [2.05, 4.69) is 10.3 Å². The number of rotatable bonds is 4. The van der Waals surface area contributed by atoms with Crippen LogP contribution in [0.5, 0.6) is 0 Å². The number of Topliss-reactive ketones (excluding diaryl/α,β-unsaturated/α-hetero) is 1. The Bertz CT molecular complexity index is 896. The van der Waals surface area contributed by atoms with E-state index in [1.807, 2.05) is 43.3 Å². The minimum atomic E-state index is -0.178. The number of nitrogens with one attached hydrogen (secondary N) is 1. The van der Waals surface area contributed by atoms with E-state index in [9.17, 15) is 9.59 Å². The van der Waals surface area contributed by atoms with Crippen LogP contribution in [0, 0.1) is 6.92 Å². The van der Waals surface area contributed by atoms with E-state index in [0.717, 1.165) is 16.5 Å². The molecule has 23 heavy (non-hydrogen) atoms. The predicted molar refractivity (Wildman–Crippen MR) is 89.5 cm³/mol. The van der Waals surface area contributed by atoms with Crippen LogP contribution in [0.15, 0.2) is 48.8 Å². The third kappa shape index (κ3) is 2.99. The van der Waals surface area contributed by atoms with E-state index >= 15 is 0 Å². The van der Waals surface area contributed by atoms with Crippen molar-refractivity contribution in [3.63, 3.8) is 0 Å². The standard InChI is InChI=1S/C18H17N3O2/c1-12-6-5-9-19-18(12)20-17(23)11-21-10-15(13(2)22)14-7-3-4-8-16(14)21/h3-10H,11H2,1-2H3,(H,19,20,23). The van der Waals surface area contributed by atoms with Crippen molar-refractivity contribution < 1.29 is 9.59 Å². The van der Waals surface area contributed by atoms with Gasteiger partial charge in [0.2, 0.25) is 5.91 Å². The Balaban J connectivity index is 1.88. The number of aromatic nitrogens is 2. The summed E-state index contributed by atoms with van der Waals surface area (Å²) in [6, 6.07) is 11.3. The Hall–Kier alpha value is -2.95. The van der Waals surface area contributed by atoms with E-state index in [0.29, 0.717) is 11.4 Å². The molecule has 0 radical (unpaired) electrons. The number of benzene rings is 1. The number of carbonyl (C=O) groups excluding carboxylic acids is 2. The number of carbonyl (C=O) groups is 2. The molecule has 0 spiro atoms. The van der Waals surface area contributed by atoms with E-state index in [1.54, 1.807) is 17.0 Å². The number of amides is 1. The summed E-state index contributed by atoms with van der Waals surface area (Å²) in [4.78, 5) is 28.2. The zero-order valence-corrected chi connectivity index (χ0v) is 13.0. The molecule has 2 aromatic heterocycles. The van der Waals surface area contributed by atoms with Crippen molar-refractivity contribution in [1.82, 2.24) is 9.55 Å². The fourth-order valence-corrected chi connectivity index (χ4v) is 2.60. The number of ketones is 1. The number of pyridine rings is 1. The lowest BCUT2D eigenvalue weighted by Gasteiger charge is -2.08. The molecule has 3 aromatic rings. The van der Waals surface area contributed by atoms with Gasteiger partial charge in [-0.25, -0.2) is 4.98 Å². The molecule has 116 valence electrons. The van der Waals surface area contributed by atoms with Crippen molar-refractivity contribution in [3.8, 4) is 0 Å². The normalized spacial score (nSPS) is 10.7. The number of hydrogen-bond donors (Lipinski definition) is 1. The molecule has 0 aliphatic carbocycles. The number of nitrogens with zero attached hydrogens (tertiary/aromatic N) is 2. The second-order valence-corrected chi connectivity index (χ2v) is 5.46. The molecule has 0 unspecified atom stereocenters. The number of aryl methyl sites for hydroxylation is 1. The molecule has 0 atom stereocenters. The fraction of sp³-hybridized carbons (Fsp3) is 0.167. The van der Waals surface area contributed by atoms with E-state index in [4.69, 9.17) is 0 Å².